The zero-order valence-corrected chi connectivity index (χ0v) is 12.8. The van der Waals surface area contributed by atoms with E-state index in [1.54, 1.807) is 0 Å². The summed E-state index contributed by atoms with van der Waals surface area (Å²) in [5.74, 6) is 0. The molecule has 0 rings (SSSR count). The van der Waals surface area contributed by atoms with Crippen LogP contribution in [-0.4, -0.2) is 34.5 Å². The summed E-state index contributed by atoms with van der Waals surface area (Å²) in [4.78, 5) is 0. The van der Waals surface area contributed by atoms with E-state index in [1.165, 1.54) is 0 Å². The molecule has 14 heteroatoms. The van der Waals surface area contributed by atoms with Crippen LogP contribution in [-0.2, 0) is 58.7 Å². The van der Waals surface area contributed by atoms with Crippen LogP contribution in [0.15, 0.2) is 0 Å². The second-order valence-corrected chi connectivity index (χ2v) is 4.65. The van der Waals surface area contributed by atoms with Gasteiger partial charge in [0.2, 0.25) is 0 Å². The Hall–Kier alpha value is 2.00. The van der Waals surface area contributed by atoms with E-state index >= 15 is 0 Å². The molecule has 0 atom stereocenters. The first-order chi connectivity index (χ1) is 4.00. The van der Waals surface area contributed by atoms with Gasteiger partial charge in [-0.25, -0.2) is 0 Å². The van der Waals surface area contributed by atoms with E-state index in [1.807, 2.05) is 0 Å². The molecule has 0 aliphatic carbocycles. The van der Waals surface area contributed by atoms with Crippen LogP contribution in [0.1, 0.15) is 0 Å². The number of hydrogen-bond acceptors (Lipinski definition) is 8. The van der Waals surface area contributed by atoms with Crippen LogP contribution < -0.4 is 24.6 Å². The zero-order valence-electron chi connectivity index (χ0n) is 5.72. The Bertz CT molecular complexity index is 130. The average Bonchev–Trinajstić information content (AvgIpc) is 1.12. The van der Waals surface area contributed by atoms with Crippen LogP contribution in [0.4, 0.5) is 0 Å². The minimum Gasteiger partial charge on any atom is 2.00 e. The molecule has 2 N–H and O–H groups in total. The monoisotopic (exact) mass is 464 g/mol. The van der Waals surface area contributed by atoms with Crippen LogP contribution in [0.5, 0.6) is 0 Å². The van der Waals surface area contributed by atoms with Crippen LogP contribution in [0, 0.1) is 0 Å². The normalized spacial score (nSPS) is 8.43. The van der Waals surface area contributed by atoms with Crippen molar-refractivity contribution in [2.24, 2.45) is 0 Å². The van der Waals surface area contributed by atoms with Crippen molar-refractivity contribution in [3.8, 4) is 0 Å². The molecule has 0 saturated carbocycles. The molecule has 0 aromatic heterocycles. The van der Waals surface area contributed by atoms with Crippen molar-refractivity contribution in [3.05, 3.63) is 0 Å². The Labute approximate surface area is 117 Å². The SMILES string of the molecule is O.O=[As]([O-])([O-])[O-].O=[As]([O-])([O-])[O-].[Fe+2].[Fe+2].[Fe+2]. The summed E-state index contributed by atoms with van der Waals surface area (Å²) in [6, 6.07) is 0. The fourth-order valence-corrected chi connectivity index (χ4v) is 0. The second kappa shape index (κ2) is 15.0. The number of rotatable bonds is 0. The molecule has 0 radical (unpaired) electrons. The van der Waals surface area contributed by atoms with Gasteiger partial charge in [-0.05, 0) is 0 Å². The van der Waals surface area contributed by atoms with Crippen molar-refractivity contribution in [2.45, 2.75) is 0 Å². The summed E-state index contributed by atoms with van der Waals surface area (Å²) in [5, 5.41) is 0. The van der Waals surface area contributed by atoms with Crippen molar-refractivity contribution in [1.29, 1.82) is 0 Å². The maximum atomic E-state index is 8.61. The maximum absolute atomic E-state index is 8.61. The summed E-state index contributed by atoms with van der Waals surface area (Å²) < 4.78 is 68.9. The van der Waals surface area contributed by atoms with Crippen molar-refractivity contribution < 1.29 is 88.7 Å². The minimum absolute atomic E-state index is 0. The van der Waals surface area contributed by atoms with Gasteiger partial charge in [-0.1, -0.05) is 0 Å². The molecule has 0 aliphatic rings. The topological polar surface area (TPSA) is 204 Å². The number of hydrogen-bond donors (Lipinski definition) is 0. The van der Waals surface area contributed by atoms with Crippen molar-refractivity contribution in [2.75, 3.05) is 0 Å². The molecule has 9 nitrogen and oxygen atoms in total. The van der Waals surface area contributed by atoms with Crippen molar-refractivity contribution in [1.82, 2.24) is 0 Å². The second-order valence-electron chi connectivity index (χ2n) is 0.894. The third kappa shape index (κ3) is 594. The average molecular weight is 463 g/mol. The molecule has 0 bridgehead atoms. The molecular formula is H2As2Fe3O9. The Balaban J connectivity index is -0.0000000178. The molecule has 0 heterocycles. The molecule has 0 amide bonds. The Morgan fingerprint density at radius 3 is 0.571 bits per heavy atom. The van der Waals surface area contributed by atoms with Gasteiger partial charge in [0.25, 0.3) is 0 Å². The zero-order chi connectivity index (χ0) is 9.00. The maximum Gasteiger partial charge on any atom is 2.00 e. The first-order valence-electron chi connectivity index (χ1n) is 1.46. The summed E-state index contributed by atoms with van der Waals surface area (Å²) in [7, 11) is 0. The minimum atomic E-state index is -5.88. The van der Waals surface area contributed by atoms with Gasteiger partial charge in [0, 0.05) is 0 Å². The van der Waals surface area contributed by atoms with E-state index in [9.17, 15) is 0 Å². The molecule has 0 aromatic carbocycles. The largest absolute Gasteiger partial charge is 2.00 e. The van der Waals surface area contributed by atoms with Gasteiger partial charge >= 0.3 is 112 Å². The summed E-state index contributed by atoms with van der Waals surface area (Å²) in [6.07, 6.45) is 0. The van der Waals surface area contributed by atoms with Gasteiger partial charge in [0.15, 0.2) is 0 Å². The van der Waals surface area contributed by atoms with Crippen LogP contribution >= 0.6 is 0 Å². The van der Waals surface area contributed by atoms with Gasteiger partial charge in [-0.2, -0.15) is 0 Å². The van der Waals surface area contributed by atoms with E-state index in [-0.39, 0.29) is 56.7 Å². The first kappa shape index (κ1) is 36.0. The van der Waals surface area contributed by atoms with E-state index in [4.69, 9.17) is 32.1 Å². The Morgan fingerprint density at radius 2 is 0.571 bits per heavy atom. The third-order valence-corrected chi connectivity index (χ3v) is 0. The summed E-state index contributed by atoms with van der Waals surface area (Å²) in [5.41, 5.74) is 0. The molecule has 0 fully saturated rings. The van der Waals surface area contributed by atoms with E-state index < -0.39 is 29.0 Å². The van der Waals surface area contributed by atoms with Crippen LogP contribution in [0.25, 0.3) is 0 Å². The van der Waals surface area contributed by atoms with Crippen LogP contribution in [0.3, 0.4) is 0 Å². The first-order valence-corrected chi connectivity index (χ1v) is 7.59. The molecule has 0 spiro atoms. The molecule has 0 saturated heterocycles. The molecule has 0 aromatic rings. The van der Waals surface area contributed by atoms with E-state index in [2.05, 4.69) is 0 Å². The fraction of sp³-hybridized carbons (Fsp3) is 0. The van der Waals surface area contributed by atoms with Gasteiger partial charge in [0.1, 0.15) is 0 Å². The molecule has 0 unspecified atom stereocenters. The predicted octanol–water partition coefficient (Wildman–Crippen LogP) is -8.97. The van der Waals surface area contributed by atoms with E-state index in [0.717, 1.165) is 0 Å². The Kier molecular flexibility index (Phi) is 38.6. The van der Waals surface area contributed by atoms with Crippen LogP contribution in [0.2, 0.25) is 0 Å². The Morgan fingerprint density at radius 1 is 0.571 bits per heavy atom. The van der Waals surface area contributed by atoms with Crippen molar-refractivity contribution in [3.63, 3.8) is 0 Å². The summed E-state index contributed by atoms with van der Waals surface area (Å²) >= 11 is -11.8. The standard InChI is InChI=1S/2AsH3O4.3Fe.H2O/c2*2-1(3,4)5;;;;/h2*(H3,2,3,4,5);;;;1H2/q;;3*+2;/p-6. The quantitative estimate of drug-likeness (QED) is 0.315. The summed E-state index contributed by atoms with van der Waals surface area (Å²) in [6.45, 7) is 0. The van der Waals surface area contributed by atoms with Gasteiger partial charge in [-0.15, -0.1) is 0 Å². The smallest absolute Gasteiger partial charge is 2.00 e. The molecule has 14 heavy (non-hydrogen) atoms. The fourth-order valence-electron chi connectivity index (χ4n) is 0. The van der Waals surface area contributed by atoms with Gasteiger partial charge < -0.3 is 5.48 Å². The van der Waals surface area contributed by atoms with Crippen molar-refractivity contribution >= 4 is 29.0 Å². The van der Waals surface area contributed by atoms with Gasteiger partial charge in [-0.3, -0.25) is 0 Å². The van der Waals surface area contributed by atoms with Gasteiger partial charge in [0.05, 0.1) is 0 Å². The molecule has 0 aliphatic heterocycles. The molecule has 90 valence electrons. The van der Waals surface area contributed by atoms with E-state index in [0.29, 0.717) is 0 Å². The third-order valence-electron chi connectivity index (χ3n) is 0. The molecular weight excluding hydrogens is 461 g/mol. The predicted molar refractivity (Wildman–Crippen MR) is 16.5 cm³/mol.